The van der Waals surface area contributed by atoms with Gasteiger partial charge < -0.3 is 14.2 Å². The summed E-state index contributed by atoms with van der Waals surface area (Å²) >= 11 is 1.92. The summed E-state index contributed by atoms with van der Waals surface area (Å²) in [5.74, 6) is 0. The van der Waals surface area contributed by atoms with Crippen molar-refractivity contribution >= 4 is 120 Å². The zero-order chi connectivity index (χ0) is 39.3. The Morgan fingerprint density at radius 3 is 1.63 bits per heavy atom. The zero-order valence-electron chi connectivity index (χ0n) is 33.0. The Hall–Kier alpha value is -7.14. The number of para-hydroxylation sites is 3. The lowest BCUT2D eigenvalue weighted by atomic mass is 9.99. The summed E-state index contributed by atoms with van der Waals surface area (Å²) in [5.41, 5.74) is 11.1. The minimum atomic E-state index is 1.10. The van der Waals surface area contributed by atoms with Gasteiger partial charge in [-0.15, -0.1) is 11.3 Å². The first-order chi connectivity index (χ1) is 29.7. The SMILES string of the molecule is C1=C(N(c2ccccc2)c2ccc3cc4c(cc3c2)c2cc3sc5ccccc5c3c3c5cc6cc(N(c7ccccc7)c7ccccc7)ccc6cc5n4c23)CCCC1. The molecule has 13 rings (SSSR count). The molecule has 0 saturated heterocycles. The number of anilines is 5. The first-order valence-electron chi connectivity index (χ1n) is 21.1. The number of benzene rings is 9. The number of hydrogen-bond acceptors (Lipinski definition) is 3. The number of allylic oxidation sites excluding steroid dienone is 2. The van der Waals surface area contributed by atoms with Gasteiger partial charge in [0.15, 0.2) is 0 Å². The van der Waals surface area contributed by atoms with E-state index in [2.05, 4.69) is 202 Å². The number of hydrogen-bond donors (Lipinski definition) is 0. The molecule has 9 aromatic carbocycles. The minimum Gasteiger partial charge on any atom is -0.315 e. The molecule has 3 heterocycles. The predicted molar refractivity (Wildman–Crippen MR) is 259 cm³/mol. The first-order valence-corrected chi connectivity index (χ1v) is 22.0. The predicted octanol–water partition coefficient (Wildman–Crippen LogP) is 16.6. The van der Waals surface area contributed by atoms with Crippen molar-refractivity contribution in [1.29, 1.82) is 0 Å². The fourth-order valence-corrected chi connectivity index (χ4v) is 11.4. The van der Waals surface area contributed by atoms with Crippen molar-refractivity contribution in [2.45, 2.75) is 25.7 Å². The lowest BCUT2D eigenvalue weighted by Gasteiger charge is -2.30. The Labute approximate surface area is 351 Å². The van der Waals surface area contributed by atoms with Crippen molar-refractivity contribution in [3.05, 3.63) is 194 Å². The maximum Gasteiger partial charge on any atom is 0.0627 e. The monoisotopic (exact) mass is 785 g/mol. The molecule has 3 nitrogen and oxygen atoms in total. The van der Waals surface area contributed by atoms with Crippen LogP contribution >= 0.6 is 11.3 Å². The fraction of sp³-hybridized carbons (Fsp3) is 0.0714. The lowest BCUT2D eigenvalue weighted by Crippen LogP contribution is -2.18. The molecule has 284 valence electrons. The van der Waals surface area contributed by atoms with Gasteiger partial charge in [0, 0.05) is 75.9 Å². The van der Waals surface area contributed by atoms with Gasteiger partial charge in [-0.1, -0.05) is 91.0 Å². The fourth-order valence-electron chi connectivity index (χ4n) is 10.2. The molecule has 0 bridgehead atoms. The summed E-state index contributed by atoms with van der Waals surface area (Å²) in [6, 6.07) is 67.6. The number of fused-ring (bicyclic) bond motifs is 12. The van der Waals surface area contributed by atoms with Gasteiger partial charge in [0.2, 0.25) is 0 Å². The molecule has 3 aromatic heterocycles. The van der Waals surface area contributed by atoms with Crippen LogP contribution in [0.2, 0.25) is 0 Å². The van der Waals surface area contributed by atoms with Crippen LogP contribution in [0.4, 0.5) is 28.4 Å². The van der Waals surface area contributed by atoms with E-state index in [0.29, 0.717) is 0 Å². The van der Waals surface area contributed by atoms with Gasteiger partial charge in [0.25, 0.3) is 0 Å². The molecule has 0 aliphatic heterocycles. The largest absolute Gasteiger partial charge is 0.315 e. The van der Waals surface area contributed by atoms with Crippen LogP contribution in [0.25, 0.3) is 79.8 Å². The molecule has 1 aliphatic carbocycles. The molecule has 0 spiro atoms. The molecule has 0 saturated carbocycles. The van der Waals surface area contributed by atoms with Crippen LogP contribution < -0.4 is 9.80 Å². The lowest BCUT2D eigenvalue weighted by molar-refractivity contribution is 0.691. The van der Waals surface area contributed by atoms with Crippen LogP contribution in [0.15, 0.2) is 194 Å². The highest BCUT2D eigenvalue weighted by Gasteiger charge is 2.24. The van der Waals surface area contributed by atoms with Crippen LogP contribution in [0.1, 0.15) is 25.7 Å². The highest BCUT2D eigenvalue weighted by atomic mass is 32.1. The van der Waals surface area contributed by atoms with E-state index in [0.717, 1.165) is 29.9 Å². The van der Waals surface area contributed by atoms with E-state index in [1.54, 1.807) is 0 Å². The van der Waals surface area contributed by atoms with E-state index in [-0.39, 0.29) is 0 Å². The van der Waals surface area contributed by atoms with Gasteiger partial charge in [0.05, 0.1) is 16.6 Å². The molecule has 0 atom stereocenters. The van der Waals surface area contributed by atoms with Gasteiger partial charge in [-0.05, 0) is 144 Å². The summed E-state index contributed by atoms with van der Waals surface area (Å²) in [6.45, 7) is 0. The van der Waals surface area contributed by atoms with Gasteiger partial charge in [-0.2, -0.15) is 0 Å². The van der Waals surface area contributed by atoms with E-state index in [1.807, 2.05) is 11.3 Å². The Kier molecular flexibility index (Phi) is 7.43. The highest BCUT2D eigenvalue weighted by molar-refractivity contribution is 7.26. The number of rotatable bonds is 6. The smallest absolute Gasteiger partial charge is 0.0627 e. The molecule has 12 aromatic rings. The second-order valence-electron chi connectivity index (χ2n) is 16.4. The van der Waals surface area contributed by atoms with Gasteiger partial charge in [-0.3, -0.25) is 0 Å². The number of nitrogens with zero attached hydrogens (tertiary/aromatic N) is 3. The van der Waals surface area contributed by atoms with Crippen molar-refractivity contribution < 1.29 is 0 Å². The van der Waals surface area contributed by atoms with Crippen LogP contribution in [0.5, 0.6) is 0 Å². The van der Waals surface area contributed by atoms with E-state index in [9.17, 15) is 0 Å². The van der Waals surface area contributed by atoms with E-state index in [4.69, 9.17) is 0 Å². The van der Waals surface area contributed by atoms with Gasteiger partial charge in [0.1, 0.15) is 0 Å². The second kappa shape index (κ2) is 13.2. The van der Waals surface area contributed by atoms with Crippen molar-refractivity contribution in [2.75, 3.05) is 9.80 Å². The first kappa shape index (κ1) is 33.8. The summed E-state index contributed by atoms with van der Waals surface area (Å²) in [6.07, 6.45) is 7.18. The maximum absolute atomic E-state index is 2.57. The Morgan fingerprint density at radius 2 is 0.983 bits per heavy atom. The Morgan fingerprint density at radius 1 is 0.400 bits per heavy atom. The Bertz CT molecular complexity index is 3620. The van der Waals surface area contributed by atoms with Gasteiger partial charge in [-0.25, -0.2) is 0 Å². The van der Waals surface area contributed by atoms with Crippen molar-refractivity contribution in [1.82, 2.24) is 4.40 Å². The average Bonchev–Trinajstić information content (AvgIpc) is 3.95. The van der Waals surface area contributed by atoms with E-state index >= 15 is 0 Å². The summed E-state index contributed by atoms with van der Waals surface area (Å²) < 4.78 is 5.25. The second-order valence-corrected chi connectivity index (χ2v) is 17.5. The van der Waals surface area contributed by atoms with Crippen LogP contribution in [0.3, 0.4) is 0 Å². The third-order valence-electron chi connectivity index (χ3n) is 12.9. The molecule has 4 heteroatoms. The standard InChI is InChI=1S/C56H39N3S/c1-5-15-40(16-6-1)57(41-17-7-2-8-18-41)44-27-25-36-33-50-47(31-38(36)29-44)48-35-53-54(46-23-13-14-24-52(46)60-53)55-49-32-39-30-45(28-26-37(39)34-51(49)59(50)56(48)55)58(42-19-9-3-10-20-42)43-21-11-4-12-22-43/h1,3-6,9-17,19-35H,2,7-8,18H2. The quantitative estimate of drug-likeness (QED) is 0.166. The molecule has 0 fully saturated rings. The average molecular weight is 786 g/mol. The maximum atomic E-state index is 2.57. The third-order valence-corrected chi connectivity index (χ3v) is 14.0. The minimum absolute atomic E-state index is 1.10. The summed E-state index contributed by atoms with van der Waals surface area (Å²) in [4.78, 5) is 4.84. The molecule has 0 amide bonds. The summed E-state index contributed by atoms with van der Waals surface area (Å²) in [7, 11) is 0. The normalized spacial score (nSPS) is 13.5. The molecular weight excluding hydrogens is 747 g/mol. The molecule has 60 heavy (non-hydrogen) atoms. The number of thiophene rings is 1. The molecule has 1 aliphatic rings. The molecule has 0 unspecified atom stereocenters. The molecule has 0 N–H and O–H groups in total. The zero-order valence-corrected chi connectivity index (χ0v) is 33.8. The molecule has 0 radical (unpaired) electrons. The third kappa shape index (κ3) is 5.07. The Balaban J connectivity index is 1.07. The van der Waals surface area contributed by atoms with Crippen molar-refractivity contribution in [3.63, 3.8) is 0 Å². The number of aromatic nitrogens is 1. The van der Waals surface area contributed by atoms with Crippen molar-refractivity contribution in [2.24, 2.45) is 0 Å². The van der Waals surface area contributed by atoms with Crippen LogP contribution in [-0.4, -0.2) is 4.40 Å². The topological polar surface area (TPSA) is 10.9 Å². The van der Waals surface area contributed by atoms with Crippen molar-refractivity contribution in [3.8, 4) is 0 Å². The van der Waals surface area contributed by atoms with E-state index in [1.165, 1.54) is 110 Å². The highest BCUT2D eigenvalue weighted by Crippen LogP contribution is 2.49. The van der Waals surface area contributed by atoms with Crippen LogP contribution in [0, 0.1) is 0 Å². The van der Waals surface area contributed by atoms with Gasteiger partial charge >= 0.3 is 0 Å². The van der Waals surface area contributed by atoms with Crippen LogP contribution in [-0.2, 0) is 0 Å². The van der Waals surface area contributed by atoms with E-state index < -0.39 is 0 Å². The summed E-state index contributed by atoms with van der Waals surface area (Å²) in [5, 5.41) is 13.0. The molecular formula is C56H39N3S.